The van der Waals surface area contributed by atoms with Crippen LogP contribution in [0.25, 0.3) is 0 Å². The third-order valence-electron chi connectivity index (χ3n) is 3.35. The summed E-state index contributed by atoms with van der Waals surface area (Å²) in [6.45, 7) is 0. The maximum atomic E-state index is 12.4. The molecule has 0 saturated carbocycles. The van der Waals surface area contributed by atoms with Crippen molar-refractivity contribution in [1.82, 2.24) is 10.6 Å². The molecule has 5 nitrogen and oxygen atoms in total. The lowest BCUT2D eigenvalue weighted by Gasteiger charge is -2.28. The number of hydrogen-bond donors (Lipinski definition) is 3. The molecule has 1 unspecified atom stereocenters. The fourth-order valence-electron chi connectivity index (χ4n) is 2.01. The molecular formula is C17H15Cl4N3O2S. The second-order valence-corrected chi connectivity index (χ2v) is 8.44. The molecule has 0 saturated heterocycles. The maximum absolute atomic E-state index is 12.4. The minimum Gasteiger partial charge on any atom is -0.497 e. The Morgan fingerprint density at radius 1 is 1.07 bits per heavy atom. The zero-order chi connectivity index (χ0) is 20.0. The Kier molecular flexibility index (Phi) is 7.82. The highest BCUT2D eigenvalue weighted by atomic mass is 35.6. The molecule has 144 valence electrons. The van der Waals surface area contributed by atoms with E-state index in [1.807, 2.05) is 0 Å². The van der Waals surface area contributed by atoms with Crippen LogP contribution >= 0.6 is 58.6 Å². The molecule has 2 aromatic carbocycles. The second kappa shape index (κ2) is 9.66. The van der Waals surface area contributed by atoms with Crippen molar-refractivity contribution < 1.29 is 9.53 Å². The van der Waals surface area contributed by atoms with Crippen LogP contribution in [0.2, 0.25) is 5.02 Å². The molecule has 0 heterocycles. The number of anilines is 1. The third-order valence-corrected chi connectivity index (χ3v) is 4.56. The fourth-order valence-corrected chi connectivity index (χ4v) is 2.75. The van der Waals surface area contributed by atoms with Gasteiger partial charge in [-0.05, 0) is 48.6 Å². The van der Waals surface area contributed by atoms with E-state index in [1.165, 1.54) is 7.11 Å². The molecule has 1 atom stereocenters. The molecule has 0 spiro atoms. The number of benzene rings is 2. The quantitative estimate of drug-likeness (QED) is 0.337. The highest BCUT2D eigenvalue weighted by Gasteiger charge is 2.35. The van der Waals surface area contributed by atoms with Gasteiger partial charge in [-0.15, -0.1) is 0 Å². The van der Waals surface area contributed by atoms with Gasteiger partial charge in [0.1, 0.15) is 11.9 Å². The van der Waals surface area contributed by atoms with E-state index in [9.17, 15) is 4.79 Å². The van der Waals surface area contributed by atoms with E-state index < -0.39 is 15.9 Å². The first kappa shape index (κ1) is 21.9. The highest BCUT2D eigenvalue weighted by Crippen LogP contribution is 2.29. The topological polar surface area (TPSA) is 62.4 Å². The molecule has 2 aromatic rings. The van der Waals surface area contributed by atoms with Crippen LogP contribution in [0.3, 0.4) is 0 Å². The number of amides is 1. The first-order valence-electron chi connectivity index (χ1n) is 7.54. The molecule has 0 radical (unpaired) electrons. The van der Waals surface area contributed by atoms with Crippen molar-refractivity contribution in [2.75, 3.05) is 12.4 Å². The third kappa shape index (κ3) is 6.59. The first-order chi connectivity index (χ1) is 12.7. The average Bonchev–Trinajstić information content (AvgIpc) is 2.62. The lowest BCUT2D eigenvalue weighted by molar-refractivity contribution is 0.0934. The van der Waals surface area contributed by atoms with Gasteiger partial charge in [-0.25, -0.2) is 0 Å². The molecule has 0 aromatic heterocycles. The summed E-state index contributed by atoms with van der Waals surface area (Å²) in [5, 5.41) is 8.83. The van der Waals surface area contributed by atoms with Gasteiger partial charge in [-0.2, -0.15) is 0 Å². The standard InChI is InChI=1S/C17H15Cl4N3O2S/c1-26-11-8-6-10(7-9-11)14(25)23-15(17(19,20)21)24-16(27)22-13-5-3-2-4-12(13)18/h2-9,15H,1H3,(H,23,25)(H2,22,24,27). The van der Waals surface area contributed by atoms with Crippen LogP contribution in [0.5, 0.6) is 5.75 Å². The number of methoxy groups -OCH3 is 1. The lowest BCUT2D eigenvalue weighted by atomic mass is 10.2. The number of alkyl halides is 3. The number of halogens is 4. The maximum Gasteiger partial charge on any atom is 0.252 e. The zero-order valence-corrected chi connectivity index (χ0v) is 17.8. The van der Waals surface area contributed by atoms with E-state index in [1.54, 1.807) is 48.5 Å². The predicted molar refractivity (Wildman–Crippen MR) is 115 cm³/mol. The molecule has 0 bridgehead atoms. The molecule has 0 aliphatic rings. The Morgan fingerprint density at radius 3 is 2.26 bits per heavy atom. The number of carbonyl (C=O) groups excluding carboxylic acids is 1. The smallest absolute Gasteiger partial charge is 0.252 e. The summed E-state index contributed by atoms with van der Waals surface area (Å²) in [7, 11) is 1.53. The first-order valence-corrected chi connectivity index (χ1v) is 9.46. The minimum atomic E-state index is -1.87. The van der Waals surface area contributed by atoms with Gasteiger partial charge >= 0.3 is 0 Å². The predicted octanol–water partition coefficient (Wildman–Crippen LogP) is 4.76. The number of thiocarbonyl (C=S) groups is 1. The van der Waals surface area contributed by atoms with Crippen LogP contribution in [0, 0.1) is 0 Å². The fraction of sp³-hybridized carbons (Fsp3) is 0.176. The van der Waals surface area contributed by atoms with Gasteiger partial charge in [0.2, 0.25) is 3.79 Å². The Hall–Kier alpha value is -1.44. The van der Waals surface area contributed by atoms with Crippen LogP contribution in [0.4, 0.5) is 5.69 Å². The molecule has 27 heavy (non-hydrogen) atoms. The number of rotatable bonds is 5. The summed E-state index contributed by atoms with van der Waals surface area (Å²) in [6, 6.07) is 13.5. The van der Waals surface area contributed by atoms with Crippen LogP contribution in [-0.2, 0) is 0 Å². The van der Waals surface area contributed by atoms with E-state index in [4.69, 9.17) is 63.4 Å². The van der Waals surface area contributed by atoms with Gasteiger partial charge < -0.3 is 20.7 Å². The Balaban J connectivity index is 2.07. The summed E-state index contributed by atoms with van der Waals surface area (Å²) in [4.78, 5) is 12.4. The van der Waals surface area contributed by atoms with Crippen LogP contribution in [0.15, 0.2) is 48.5 Å². The summed E-state index contributed by atoms with van der Waals surface area (Å²) in [6.07, 6.45) is -1.10. The zero-order valence-electron chi connectivity index (χ0n) is 13.9. The van der Waals surface area contributed by atoms with E-state index >= 15 is 0 Å². The Labute approximate surface area is 182 Å². The molecule has 1 amide bonds. The van der Waals surface area contributed by atoms with E-state index in [-0.39, 0.29) is 5.11 Å². The molecular weight excluding hydrogens is 452 g/mol. The number of nitrogens with one attached hydrogen (secondary N) is 3. The second-order valence-electron chi connectivity index (χ2n) is 5.25. The van der Waals surface area contributed by atoms with Crippen molar-refractivity contribution in [3.63, 3.8) is 0 Å². The van der Waals surface area contributed by atoms with E-state index in [0.29, 0.717) is 22.0 Å². The van der Waals surface area contributed by atoms with Gasteiger partial charge in [-0.1, -0.05) is 58.5 Å². The number of carbonyl (C=O) groups is 1. The Morgan fingerprint density at radius 2 is 1.70 bits per heavy atom. The van der Waals surface area contributed by atoms with Crippen LogP contribution in [-0.4, -0.2) is 28.1 Å². The SMILES string of the molecule is COc1ccc(C(=O)NC(NC(=S)Nc2ccccc2Cl)C(Cl)(Cl)Cl)cc1. The largest absolute Gasteiger partial charge is 0.497 e. The van der Waals surface area contributed by atoms with Crippen molar-refractivity contribution in [1.29, 1.82) is 0 Å². The van der Waals surface area contributed by atoms with Gasteiger partial charge in [0.05, 0.1) is 17.8 Å². The number of hydrogen-bond acceptors (Lipinski definition) is 3. The van der Waals surface area contributed by atoms with Gasteiger partial charge in [0, 0.05) is 5.56 Å². The van der Waals surface area contributed by atoms with Gasteiger partial charge in [0.15, 0.2) is 5.11 Å². The highest BCUT2D eigenvalue weighted by molar-refractivity contribution is 7.80. The van der Waals surface area contributed by atoms with Crippen molar-refractivity contribution >= 4 is 75.3 Å². The van der Waals surface area contributed by atoms with Crippen molar-refractivity contribution in [2.45, 2.75) is 9.96 Å². The summed E-state index contributed by atoms with van der Waals surface area (Å²) in [5.41, 5.74) is 0.933. The van der Waals surface area contributed by atoms with E-state index in [0.717, 1.165) is 0 Å². The van der Waals surface area contributed by atoms with Gasteiger partial charge in [0.25, 0.3) is 5.91 Å². The lowest BCUT2D eigenvalue weighted by Crippen LogP contribution is -2.56. The summed E-state index contributed by atoms with van der Waals surface area (Å²) >= 11 is 29.2. The Bertz CT molecular complexity index is 813. The summed E-state index contributed by atoms with van der Waals surface area (Å²) in [5.74, 6) is 0.162. The minimum absolute atomic E-state index is 0.120. The number of ether oxygens (including phenoxy) is 1. The molecule has 0 aliphatic heterocycles. The average molecular weight is 467 g/mol. The van der Waals surface area contributed by atoms with Crippen LogP contribution < -0.4 is 20.7 Å². The van der Waals surface area contributed by atoms with E-state index in [2.05, 4.69) is 16.0 Å². The normalized spacial score (nSPS) is 12.0. The number of para-hydroxylation sites is 1. The summed E-state index contributed by atoms with van der Waals surface area (Å²) < 4.78 is 3.19. The molecule has 0 fully saturated rings. The molecule has 10 heteroatoms. The monoisotopic (exact) mass is 465 g/mol. The van der Waals surface area contributed by atoms with Crippen molar-refractivity contribution in [2.24, 2.45) is 0 Å². The van der Waals surface area contributed by atoms with Crippen molar-refractivity contribution in [3.05, 3.63) is 59.1 Å². The molecule has 3 N–H and O–H groups in total. The molecule has 2 rings (SSSR count). The molecule has 0 aliphatic carbocycles. The van der Waals surface area contributed by atoms with Gasteiger partial charge in [-0.3, -0.25) is 4.79 Å². The van der Waals surface area contributed by atoms with Crippen molar-refractivity contribution in [3.8, 4) is 5.75 Å². The van der Waals surface area contributed by atoms with Crippen LogP contribution in [0.1, 0.15) is 10.4 Å².